The van der Waals surface area contributed by atoms with Crippen LogP contribution in [-0.2, 0) is 11.8 Å². The van der Waals surface area contributed by atoms with Crippen molar-refractivity contribution in [3.05, 3.63) is 59.3 Å². The van der Waals surface area contributed by atoms with Crippen LogP contribution in [0.25, 0.3) is 5.69 Å². The zero-order valence-corrected chi connectivity index (χ0v) is 19.8. The maximum absolute atomic E-state index is 14.4. The Labute approximate surface area is 197 Å². The Morgan fingerprint density at radius 1 is 1.09 bits per heavy atom. The molecule has 0 aliphatic rings. The summed E-state index contributed by atoms with van der Waals surface area (Å²) in [4.78, 5) is 12.6. The number of nitrogen functional groups attached to an aromatic ring is 1. The van der Waals surface area contributed by atoms with Gasteiger partial charge in [0.25, 0.3) is 0 Å². The third-order valence-corrected chi connectivity index (χ3v) is 5.15. The van der Waals surface area contributed by atoms with Crippen LogP contribution < -0.4 is 25.8 Å². The molecule has 0 aliphatic heterocycles. The van der Waals surface area contributed by atoms with E-state index in [2.05, 4.69) is 15.7 Å². The first kappa shape index (κ1) is 24.8. The molecular formula is C24H29F2N5O3. The molecule has 1 heterocycles. The second kappa shape index (κ2) is 9.98. The number of urea groups is 1. The molecule has 3 rings (SSSR count). The van der Waals surface area contributed by atoms with Gasteiger partial charge in [-0.05, 0) is 36.2 Å². The average Bonchev–Trinajstić information content (AvgIpc) is 3.11. The zero-order chi connectivity index (χ0) is 25.0. The normalized spacial score (nSPS) is 11.3. The molecule has 8 nitrogen and oxygen atoms in total. The van der Waals surface area contributed by atoms with E-state index in [0.29, 0.717) is 30.2 Å². The predicted octanol–water partition coefficient (Wildman–Crippen LogP) is 4.41. The fourth-order valence-corrected chi connectivity index (χ4v) is 3.43. The van der Waals surface area contributed by atoms with Crippen molar-refractivity contribution in [2.24, 2.45) is 0 Å². The van der Waals surface area contributed by atoms with E-state index in [4.69, 9.17) is 15.2 Å². The standard InChI is InChI=1S/C24H29F2N5O3/c1-24(2,3)21-20(22(27)31(30-21)17-13-15(25)7-8-16(17)26)29-23(32)28-11-10-14-6-9-18(33-4)19(12-14)34-5/h6-9,12-13H,10-11,27H2,1-5H3,(H2,28,29,32). The first-order chi connectivity index (χ1) is 16.0. The van der Waals surface area contributed by atoms with Crippen molar-refractivity contribution in [2.75, 3.05) is 31.8 Å². The monoisotopic (exact) mass is 473 g/mol. The van der Waals surface area contributed by atoms with Crippen LogP contribution in [0.15, 0.2) is 36.4 Å². The number of aromatic nitrogens is 2. The van der Waals surface area contributed by atoms with Crippen LogP contribution in [0.3, 0.4) is 0 Å². The quantitative estimate of drug-likeness (QED) is 0.472. The van der Waals surface area contributed by atoms with Gasteiger partial charge in [0.05, 0.1) is 19.9 Å². The number of amides is 2. The van der Waals surface area contributed by atoms with Crippen LogP contribution in [0.5, 0.6) is 11.5 Å². The number of methoxy groups -OCH3 is 2. The molecule has 4 N–H and O–H groups in total. The molecule has 2 aromatic carbocycles. The van der Waals surface area contributed by atoms with Gasteiger partial charge in [0.15, 0.2) is 17.3 Å². The van der Waals surface area contributed by atoms with E-state index in [1.807, 2.05) is 32.9 Å². The van der Waals surface area contributed by atoms with Gasteiger partial charge in [-0.25, -0.2) is 18.3 Å². The molecule has 0 bridgehead atoms. The van der Waals surface area contributed by atoms with Gasteiger partial charge in [-0.2, -0.15) is 5.10 Å². The molecule has 10 heteroatoms. The molecule has 0 unspecified atom stereocenters. The number of carbonyl (C=O) groups is 1. The van der Waals surface area contributed by atoms with Crippen LogP contribution in [0.2, 0.25) is 0 Å². The summed E-state index contributed by atoms with van der Waals surface area (Å²) in [5.41, 5.74) is 7.15. The lowest BCUT2D eigenvalue weighted by atomic mass is 9.91. The van der Waals surface area contributed by atoms with Gasteiger partial charge in [0.2, 0.25) is 0 Å². The van der Waals surface area contributed by atoms with E-state index in [1.165, 1.54) is 0 Å². The van der Waals surface area contributed by atoms with E-state index < -0.39 is 23.1 Å². The largest absolute Gasteiger partial charge is 0.493 e. The molecule has 0 spiro atoms. The minimum Gasteiger partial charge on any atom is -0.493 e. The Hall–Kier alpha value is -3.82. The Kier molecular flexibility index (Phi) is 7.29. The fourth-order valence-electron chi connectivity index (χ4n) is 3.43. The molecule has 0 saturated heterocycles. The van der Waals surface area contributed by atoms with Crippen molar-refractivity contribution in [1.82, 2.24) is 15.1 Å². The Morgan fingerprint density at radius 3 is 2.44 bits per heavy atom. The summed E-state index contributed by atoms with van der Waals surface area (Å²) in [6, 6.07) is 8.02. The molecule has 0 fully saturated rings. The number of nitrogens with one attached hydrogen (secondary N) is 2. The van der Waals surface area contributed by atoms with Crippen molar-refractivity contribution >= 4 is 17.5 Å². The maximum Gasteiger partial charge on any atom is 0.319 e. The molecular weight excluding hydrogens is 444 g/mol. The summed E-state index contributed by atoms with van der Waals surface area (Å²) in [5.74, 6) is -0.115. The number of nitrogens with two attached hydrogens (primary N) is 1. The van der Waals surface area contributed by atoms with Crippen LogP contribution in [-0.4, -0.2) is 36.6 Å². The first-order valence-corrected chi connectivity index (χ1v) is 10.6. The molecule has 182 valence electrons. The van der Waals surface area contributed by atoms with Crippen molar-refractivity contribution in [2.45, 2.75) is 32.6 Å². The number of anilines is 2. The van der Waals surface area contributed by atoms with Crippen LogP contribution in [0.4, 0.5) is 25.1 Å². The molecule has 0 atom stereocenters. The molecule has 0 saturated carbocycles. The number of ether oxygens (including phenoxy) is 2. The van der Waals surface area contributed by atoms with Gasteiger partial charge in [-0.1, -0.05) is 26.8 Å². The summed E-state index contributed by atoms with van der Waals surface area (Å²) in [6.07, 6.45) is 0.545. The number of carbonyl (C=O) groups excluding carboxylic acids is 1. The van der Waals surface area contributed by atoms with Crippen LogP contribution in [0, 0.1) is 11.6 Å². The lowest BCUT2D eigenvalue weighted by Gasteiger charge is -2.18. The smallest absolute Gasteiger partial charge is 0.319 e. The summed E-state index contributed by atoms with van der Waals surface area (Å²) in [7, 11) is 3.12. The SMILES string of the molecule is COc1ccc(CCNC(=O)Nc2c(C(C)(C)C)nn(-c3cc(F)ccc3F)c2N)cc1OC. The van der Waals surface area contributed by atoms with E-state index in [-0.39, 0.29) is 17.2 Å². The van der Waals surface area contributed by atoms with E-state index in [1.54, 1.807) is 20.3 Å². The molecule has 3 aromatic rings. The minimum absolute atomic E-state index is 0.00975. The zero-order valence-electron chi connectivity index (χ0n) is 19.8. The molecule has 1 aromatic heterocycles. The fraction of sp³-hybridized carbons (Fsp3) is 0.333. The summed E-state index contributed by atoms with van der Waals surface area (Å²) in [6.45, 7) is 5.96. The highest BCUT2D eigenvalue weighted by molar-refractivity contribution is 5.93. The van der Waals surface area contributed by atoms with Crippen LogP contribution in [0.1, 0.15) is 32.0 Å². The summed E-state index contributed by atoms with van der Waals surface area (Å²) >= 11 is 0. The van der Waals surface area contributed by atoms with Gasteiger partial charge >= 0.3 is 6.03 Å². The Morgan fingerprint density at radius 2 is 1.79 bits per heavy atom. The number of benzene rings is 2. The number of rotatable bonds is 7. The Bertz CT molecular complexity index is 1190. The van der Waals surface area contributed by atoms with Crippen molar-refractivity contribution in [1.29, 1.82) is 0 Å². The molecule has 2 amide bonds. The predicted molar refractivity (Wildman–Crippen MR) is 127 cm³/mol. The maximum atomic E-state index is 14.4. The third-order valence-electron chi connectivity index (χ3n) is 5.15. The van der Waals surface area contributed by atoms with E-state index in [0.717, 1.165) is 28.4 Å². The van der Waals surface area contributed by atoms with Gasteiger partial charge < -0.3 is 25.8 Å². The van der Waals surface area contributed by atoms with Gasteiger partial charge in [-0.3, -0.25) is 0 Å². The van der Waals surface area contributed by atoms with Crippen molar-refractivity contribution < 1.29 is 23.0 Å². The first-order valence-electron chi connectivity index (χ1n) is 10.6. The van der Waals surface area contributed by atoms with Crippen molar-refractivity contribution in [3.63, 3.8) is 0 Å². The molecule has 34 heavy (non-hydrogen) atoms. The third kappa shape index (κ3) is 5.38. The second-order valence-corrected chi connectivity index (χ2v) is 8.69. The van der Waals surface area contributed by atoms with E-state index in [9.17, 15) is 13.6 Å². The second-order valence-electron chi connectivity index (χ2n) is 8.69. The molecule has 0 aliphatic carbocycles. The van der Waals surface area contributed by atoms with E-state index >= 15 is 0 Å². The summed E-state index contributed by atoms with van der Waals surface area (Å²) in [5, 5.41) is 9.88. The topological polar surface area (TPSA) is 103 Å². The number of halogens is 2. The Balaban J connectivity index is 1.77. The summed E-state index contributed by atoms with van der Waals surface area (Å²) < 4.78 is 39.7. The molecule has 0 radical (unpaired) electrons. The highest BCUT2D eigenvalue weighted by Gasteiger charge is 2.28. The van der Waals surface area contributed by atoms with Gasteiger partial charge in [-0.15, -0.1) is 0 Å². The van der Waals surface area contributed by atoms with Crippen LogP contribution >= 0.6 is 0 Å². The highest BCUT2D eigenvalue weighted by atomic mass is 19.1. The van der Waals surface area contributed by atoms with Gasteiger partial charge in [0.1, 0.15) is 23.0 Å². The highest BCUT2D eigenvalue weighted by Crippen LogP contribution is 2.35. The number of hydrogen-bond acceptors (Lipinski definition) is 5. The lowest BCUT2D eigenvalue weighted by Crippen LogP contribution is -2.31. The number of nitrogens with zero attached hydrogens (tertiary/aromatic N) is 2. The van der Waals surface area contributed by atoms with Crippen molar-refractivity contribution in [3.8, 4) is 17.2 Å². The number of hydrogen-bond donors (Lipinski definition) is 3. The lowest BCUT2D eigenvalue weighted by molar-refractivity contribution is 0.252. The minimum atomic E-state index is -0.693. The average molecular weight is 474 g/mol. The van der Waals surface area contributed by atoms with Gasteiger partial charge in [0, 0.05) is 18.0 Å².